The van der Waals surface area contributed by atoms with E-state index in [1.54, 1.807) is 41.5 Å². The van der Waals surface area contributed by atoms with Gasteiger partial charge in [-0.05, 0) is 41.5 Å². The Morgan fingerprint density at radius 1 is 0.963 bits per heavy atom. The number of hydroxylamine groups is 2. The number of imide groups is 1. The Hall–Kier alpha value is -2.65. The van der Waals surface area contributed by atoms with Crippen molar-refractivity contribution in [3.05, 3.63) is 0 Å². The first-order valence-electron chi connectivity index (χ1n) is 8.47. The molecule has 1 saturated heterocycles. The molecule has 1 N–H and O–H groups in total. The second kappa shape index (κ2) is 8.36. The fraction of sp³-hybridized carbons (Fsp3) is 0.706. The highest BCUT2D eigenvalue weighted by atomic mass is 16.7. The molecule has 0 aromatic carbocycles. The number of amides is 3. The van der Waals surface area contributed by atoms with Gasteiger partial charge in [0.25, 0.3) is 11.8 Å². The van der Waals surface area contributed by atoms with Crippen molar-refractivity contribution in [1.29, 1.82) is 0 Å². The minimum atomic E-state index is -1.42. The number of esters is 1. The van der Waals surface area contributed by atoms with Crippen LogP contribution >= 0.6 is 0 Å². The molecule has 0 saturated carbocycles. The molecule has 0 aromatic heterocycles. The van der Waals surface area contributed by atoms with Crippen molar-refractivity contribution in [2.75, 3.05) is 0 Å². The van der Waals surface area contributed by atoms with Crippen LogP contribution in [0.1, 0.15) is 60.8 Å². The van der Waals surface area contributed by atoms with Crippen LogP contribution in [0.3, 0.4) is 0 Å². The SMILES string of the molecule is CC(C)(C)OC(=O)N[C@@H](CC(=O)ON1C(=O)CCC1=O)C(=O)OC(C)(C)C. The molecule has 1 atom stereocenters. The molecule has 1 aliphatic heterocycles. The molecule has 0 radical (unpaired) electrons. The Morgan fingerprint density at radius 2 is 1.44 bits per heavy atom. The van der Waals surface area contributed by atoms with Gasteiger partial charge in [0.15, 0.2) is 0 Å². The Labute approximate surface area is 157 Å². The molecule has 1 rings (SSSR count). The summed E-state index contributed by atoms with van der Waals surface area (Å²) >= 11 is 0. The van der Waals surface area contributed by atoms with Crippen LogP contribution in [0.2, 0.25) is 0 Å². The molecular weight excluding hydrogens is 360 g/mol. The first-order valence-corrected chi connectivity index (χ1v) is 8.47. The number of carbonyl (C=O) groups is 5. The zero-order valence-electron chi connectivity index (χ0n) is 16.4. The summed E-state index contributed by atoms with van der Waals surface area (Å²) in [5, 5.41) is 2.61. The third-order valence-electron chi connectivity index (χ3n) is 2.95. The predicted molar refractivity (Wildman–Crippen MR) is 90.8 cm³/mol. The maximum Gasteiger partial charge on any atom is 0.408 e. The van der Waals surface area contributed by atoms with Gasteiger partial charge in [0, 0.05) is 12.8 Å². The van der Waals surface area contributed by atoms with E-state index in [2.05, 4.69) is 5.32 Å². The fourth-order valence-electron chi connectivity index (χ4n) is 1.98. The summed E-state index contributed by atoms with van der Waals surface area (Å²) in [5.74, 6) is -3.24. The fourth-order valence-corrected chi connectivity index (χ4v) is 1.98. The lowest BCUT2D eigenvalue weighted by atomic mass is 10.1. The van der Waals surface area contributed by atoms with E-state index in [1.807, 2.05) is 0 Å². The van der Waals surface area contributed by atoms with E-state index in [0.29, 0.717) is 5.06 Å². The van der Waals surface area contributed by atoms with Crippen molar-refractivity contribution in [3.63, 3.8) is 0 Å². The second-order valence-electron chi connectivity index (χ2n) is 7.98. The third-order valence-corrected chi connectivity index (χ3v) is 2.95. The molecule has 0 bridgehead atoms. The second-order valence-corrected chi connectivity index (χ2v) is 7.98. The first kappa shape index (κ1) is 22.4. The van der Waals surface area contributed by atoms with E-state index in [4.69, 9.17) is 14.3 Å². The minimum absolute atomic E-state index is 0.0578. The van der Waals surface area contributed by atoms with Crippen molar-refractivity contribution in [2.45, 2.75) is 78.0 Å². The summed E-state index contributed by atoms with van der Waals surface area (Å²) in [6.45, 7) is 9.76. The molecule has 1 aliphatic rings. The van der Waals surface area contributed by atoms with E-state index in [0.717, 1.165) is 0 Å². The molecule has 1 heterocycles. The third kappa shape index (κ3) is 8.06. The van der Waals surface area contributed by atoms with Crippen LogP contribution in [0.15, 0.2) is 0 Å². The monoisotopic (exact) mass is 386 g/mol. The molecule has 10 nitrogen and oxygen atoms in total. The Morgan fingerprint density at radius 3 is 1.89 bits per heavy atom. The standard InChI is InChI=1S/C17H26N2O8/c1-16(2,3)25-14(23)10(18-15(24)26-17(4,5)6)9-13(22)27-19-11(20)7-8-12(19)21/h10H,7-9H2,1-6H3,(H,18,24)/t10-/m0/s1. The van der Waals surface area contributed by atoms with E-state index >= 15 is 0 Å². The maximum atomic E-state index is 12.3. The normalized spacial score (nSPS) is 16.0. The Bertz CT molecular complexity index is 614. The zero-order valence-corrected chi connectivity index (χ0v) is 16.4. The largest absolute Gasteiger partial charge is 0.458 e. The highest BCUT2D eigenvalue weighted by Crippen LogP contribution is 2.15. The van der Waals surface area contributed by atoms with Crippen molar-refractivity contribution < 1.29 is 38.3 Å². The van der Waals surface area contributed by atoms with Crippen molar-refractivity contribution in [1.82, 2.24) is 10.4 Å². The summed E-state index contributed by atoms with van der Waals surface area (Å²) in [6.07, 6.45) is -1.69. The van der Waals surface area contributed by atoms with Gasteiger partial charge < -0.3 is 19.6 Å². The maximum absolute atomic E-state index is 12.3. The molecule has 0 spiro atoms. The lowest BCUT2D eigenvalue weighted by molar-refractivity contribution is -0.198. The number of nitrogens with zero attached hydrogens (tertiary/aromatic N) is 1. The predicted octanol–water partition coefficient (Wildman–Crippen LogP) is 1.22. The first-order chi connectivity index (χ1) is 12.2. The summed E-state index contributed by atoms with van der Waals surface area (Å²) in [4.78, 5) is 64.1. The summed E-state index contributed by atoms with van der Waals surface area (Å²) < 4.78 is 10.2. The van der Waals surface area contributed by atoms with Crippen LogP contribution in [0, 0.1) is 0 Å². The highest BCUT2D eigenvalue weighted by Gasteiger charge is 2.36. The van der Waals surface area contributed by atoms with Crippen LogP contribution in [-0.4, -0.2) is 52.2 Å². The van der Waals surface area contributed by atoms with Gasteiger partial charge in [0.2, 0.25) is 0 Å². The lowest BCUT2D eigenvalue weighted by Gasteiger charge is -2.26. The van der Waals surface area contributed by atoms with Crippen LogP contribution in [-0.2, 0) is 33.5 Å². The van der Waals surface area contributed by atoms with Gasteiger partial charge in [-0.15, -0.1) is 5.06 Å². The number of hydrogen-bond acceptors (Lipinski definition) is 8. The number of ether oxygens (including phenoxy) is 2. The van der Waals surface area contributed by atoms with Gasteiger partial charge in [-0.1, -0.05) is 0 Å². The van der Waals surface area contributed by atoms with E-state index in [-0.39, 0.29) is 12.8 Å². The van der Waals surface area contributed by atoms with Gasteiger partial charge in [0.1, 0.15) is 17.2 Å². The smallest absolute Gasteiger partial charge is 0.408 e. The number of carbonyl (C=O) groups excluding carboxylic acids is 5. The summed E-state index contributed by atoms with van der Waals surface area (Å²) in [7, 11) is 0. The van der Waals surface area contributed by atoms with E-state index < -0.39 is 53.5 Å². The van der Waals surface area contributed by atoms with Gasteiger partial charge in [0.05, 0.1) is 6.42 Å². The van der Waals surface area contributed by atoms with Crippen molar-refractivity contribution in [3.8, 4) is 0 Å². The summed E-state index contributed by atoms with van der Waals surface area (Å²) in [5.41, 5.74) is -1.69. The van der Waals surface area contributed by atoms with Gasteiger partial charge >= 0.3 is 18.0 Å². The molecule has 27 heavy (non-hydrogen) atoms. The molecular formula is C17H26N2O8. The van der Waals surface area contributed by atoms with Crippen molar-refractivity contribution >= 4 is 29.8 Å². The number of rotatable bonds is 5. The highest BCUT2D eigenvalue weighted by molar-refractivity contribution is 6.01. The van der Waals surface area contributed by atoms with Crippen LogP contribution < -0.4 is 5.32 Å². The molecule has 10 heteroatoms. The molecule has 152 valence electrons. The Balaban J connectivity index is 2.81. The minimum Gasteiger partial charge on any atom is -0.458 e. The number of hydrogen-bond donors (Lipinski definition) is 1. The van der Waals surface area contributed by atoms with E-state index in [1.165, 1.54) is 0 Å². The summed E-state index contributed by atoms with van der Waals surface area (Å²) in [6, 6.07) is -1.42. The molecule has 0 aliphatic carbocycles. The van der Waals surface area contributed by atoms with Crippen LogP contribution in [0.5, 0.6) is 0 Å². The van der Waals surface area contributed by atoms with Gasteiger partial charge in [-0.2, -0.15) is 0 Å². The van der Waals surface area contributed by atoms with Gasteiger partial charge in [-0.25, -0.2) is 14.4 Å². The average molecular weight is 386 g/mol. The Kier molecular flexibility index (Phi) is 6.93. The van der Waals surface area contributed by atoms with Crippen LogP contribution in [0.4, 0.5) is 4.79 Å². The molecule has 3 amide bonds. The van der Waals surface area contributed by atoms with Crippen molar-refractivity contribution in [2.24, 2.45) is 0 Å². The number of nitrogens with one attached hydrogen (secondary N) is 1. The molecule has 0 aromatic rings. The average Bonchev–Trinajstić information content (AvgIpc) is 2.74. The molecule has 1 fully saturated rings. The number of alkyl carbamates (subject to hydrolysis) is 1. The quantitative estimate of drug-likeness (QED) is 0.552. The topological polar surface area (TPSA) is 128 Å². The zero-order chi connectivity index (χ0) is 21.0. The van der Waals surface area contributed by atoms with E-state index in [9.17, 15) is 24.0 Å². The van der Waals surface area contributed by atoms with Gasteiger partial charge in [-0.3, -0.25) is 9.59 Å². The van der Waals surface area contributed by atoms with Crippen LogP contribution in [0.25, 0.3) is 0 Å². The lowest BCUT2D eigenvalue weighted by Crippen LogP contribution is -2.47. The molecule has 0 unspecified atom stereocenters.